The maximum absolute atomic E-state index is 12.2. The van der Waals surface area contributed by atoms with Gasteiger partial charge in [-0.1, -0.05) is 0 Å². The highest BCUT2D eigenvalue weighted by Gasteiger charge is 2.16. The molecule has 3 rings (SSSR count). The van der Waals surface area contributed by atoms with E-state index in [4.69, 9.17) is 0 Å². The molecule has 0 aliphatic heterocycles. The minimum absolute atomic E-state index is 0.127. The van der Waals surface area contributed by atoms with Gasteiger partial charge in [-0.15, -0.1) is 11.3 Å². The number of thiazole rings is 1. The Balaban J connectivity index is 1.75. The molecule has 24 heavy (non-hydrogen) atoms. The fraction of sp³-hybridized carbons (Fsp3) is 0. The summed E-state index contributed by atoms with van der Waals surface area (Å²) < 4.78 is 0. The van der Waals surface area contributed by atoms with Crippen molar-refractivity contribution in [2.24, 2.45) is 0 Å². The largest absolute Gasteiger partial charge is 0.502 e. The van der Waals surface area contributed by atoms with Crippen molar-refractivity contribution in [3.63, 3.8) is 0 Å². The van der Waals surface area contributed by atoms with Crippen LogP contribution in [0.25, 0.3) is 10.6 Å². The van der Waals surface area contributed by atoms with Gasteiger partial charge in [0.1, 0.15) is 5.01 Å². The third-order valence-electron chi connectivity index (χ3n) is 3.26. The zero-order valence-electron chi connectivity index (χ0n) is 12.2. The van der Waals surface area contributed by atoms with E-state index in [1.165, 1.54) is 17.4 Å². The highest BCUT2D eigenvalue weighted by molar-refractivity contribution is 7.13. The van der Waals surface area contributed by atoms with E-state index in [-0.39, 0.29) is 5.56 Å². The number of carbonyl (C=O) groups excluding carboxylic acids is 1. The molecule has 0 bridgehead atoms. The van der Waals surface area contributed by atoms with Gasteiger partial charge in [0, 0.05) is 34.5 Å². The summed E-state index contributed by atoms with van der Waals surface area (Å²) >= 11 is 1.52. The minimum Gasteiger partial charge on any atom is -0.502 e. The molecule has 0 fully saturated rings. The Labute approximate surface area is 140 Å². The summed E-state index contributed by atoms with van der Waals surface area (Å²) in [5.74, 6) is -1.02. The number of nitrogens with one attached hydrogen (secondary N) is 1. The molecule has 1 aromatic heterocycles. The number of nitro groups is 1. The molecule has 0 spiro atoms. The predicted molar refractivity (Wildman–Crippen MR) is 90.3 cm³/mol. The maximum Gasteiger partial charge on any atom is 0.310 e. The Bertz CT molecular complexity index is 892. The smallest absolute Gasteiger partial charge is 0.310 e. The Morgan fingerprint density at radius 2 is 1.96 bits per heavy atom. The van der Waals surface area contributed by atoms with Gasteiger partial charge in [-0.2, -0.15) is 0 Å². The molecule has 0 radical (unpaired) electrons. The number of carbonyl (C=O) groups is 1. The number of hydrogen-bond acceptors (Lipinski definition) is 6. The first-order chi connectivity index (χ1) is 11.5. The summed E-state index contributed by atoms with van der Waals surface area (Å²) in [6, 6.07) is 10.6. The average molecular weight is 341 g/mol. The zero-order chi connectivity index (χ0) is 17.1. The van der Waals surface area contributed by atoms with Crippen molar-refractivity contribution in [3.8, 4) is 16.3 Å². The molecule has 8 heteroatoms. The Morgan fingerprint density at radius 3 is 2.54 bits per heavy atom. The second kappa shape index (κ2) is 6.47. The van der Waals surface area contributed by atoms with Crippen molar-refractivity contribution < 1.29 is 14.8 Å². The van der Waals surface area contributed by atoms with Crippen LogP contribution in [-0.2, 0) is 0 Å². The predicted octanol–water partition coefficient (Wildman–Crippen LogP) is 3.68. The maximum atomic E-state index is 12.2. The number of phenolic OH excluding ortho intramolecular Hbond substituents is 1. The van der Waals surface area contributed by atoms with Crippen molar-refractivity contribution in [3.05, 3.63) is 69.7 Å². The molecular formula is C16H11N3O4S. The van der Waals surface area contributed by atoms with Crippen LogP contribution in [0.3, 0.4) is 0 Å². The van der Waals surface area contributed by atoms with Crippen LogP contribution in [0.1, 0.15) is 10.4 Å². The number of phenols is 1. The Hall–Kier alpha value is -3.26. The first-order valence-corrected chi connectivity index (χ1v) is 7.71. The molecule has 1 amide bonds. The highest BCUT2D eigenvalue weighted by atomic mass is 32.1. The van der Waals surface area contributed by atoms with Crippen LogP contribution in [0.15, 0.2) is 54.0 Å². The summed E-state index contributed by atoms with van der Waals surface area (Å²) in [5.41, 5.74) is 1.19. The molecule has 7 nitrogen and oxygen atoms in total. The number of amides is 1. The van der Waals surface area contributed by atoms with Crippen LogP contribution in [0.2, 0.25) is 0 Å². The number of benzene rings is 2. The van der Waals surface area contributed by atoms with E-state index >= 15 is 0 Å². The van der Waals surface area contributed by atoms with Crippen LogP contribution >= 0.6 is 11.3 Å². The molecule has 0 saturated carbocycles. The van der Waals surface area contributed by atoms with Gasteiger partial charge in [-0.3, -0.25) is 14.9 Å². The molecular weight excluding hydrogens is 330 g/mol. The highest BCUT2D eigenvalue weighted by Crippen LogP contribution is 2.27. The lowest BCUT2D eigenvalue weighted by atomic mass is 10.1. The number of anilines is 1. The molecule has 2 aromatic carbocycles. The minimum atomic E-state index is -0.714. The number of nitro benzene ring substituents is 1. The summed E-state index contributed by atoms with van der Waals surface area (Å²) in [7, 11) is 0. The number of aromatic nitrogens is 1. The van der Waals surface area contributed by atoms with Gasteiger partial charge in [0.2, 0.25) is 0 Å². The zero-order valence-corrected chi connectivity index (χ0v) is 13.0. The second-order valence-electron chi connectivity index (χ2n) is 4.83. The van der Waals surface area contributed by atoms with Gasteiger partial charge in [0.05, 0.1) is 4.92 Å². The lowest BCUT2D eigenvalue weighted by Crippen LogP contribution is -2.11. The van der Waals surface area contributed by atoms with Crippen LogP contribution < -0.4 is 5.32 Å². The lowest BCUT2D eigenvalue weighted by molar-refractivity contribution is -0.385. The van der Waals surface area contributed by atoms with E-state index in [1.807, 2.05) is 17.5 Å². The molecule has 0 unspecified atom stereocenters. The van der Waals surface area contributed by atoms with E-state index in [1.54, 1.807) is 18.3 Å². The molecule has 0 aliphatic carbocycles. The molecule has 0 saturated heterocycles. The molecule has 2 N–H and O–H groups in total. The van der Waals surface area contributed by atoms with Crippen LogP contribution in [0, 0.1) is 10.1 Å². The molecule has 0 aliphatic rings. The van der Waals surface area contributed by atoms with E-state index in [2.05, 4.69) is 10.3 Å². The van der Waals surface area contributed by atoms with Crippen molar-refractivity contribution in [1.82, 2.24) is 4.98 Å². The number of rotatable bonds is 4. The van der Waals surface area contributed by atoms with E-state index in [9.17, 15) is 20.0 Å². The van der Waals surface area contributed by atoms with Gasteiger partial charge in [-0.05, 0) is 36.4 Å². The number of hydrogen-bond donors (Lipinski definition) is 2. The summed E-state index contributed by atoms with van der Waals surface area (Å²) in [6.45, 7) is 0. The molecule has 3 aromatic rings. The third-order valence-corrected chi connectivity index (χ3v) is 4.08. The first-order valence-electron chi connectivity index (χ1n) is 6.83. The monoisotopic (exact) mass is 341 g/mol. The molecule has 0 atom stereocenters. The lowest BCUT2D eigenvalue weighted by Gasteiger charge is -2.06. The SMILES string of the molecule is O=C(Nc1ccc(-c2nccs2)cc1)c1ccc([N+](=O)[O-])c(O)c1. The number of nitrogens with zero attached hydrogens (tertiary/aromatic N) is 2. The topological polar surface area (TPSA) is 105 Å². The summed E-state index contributed by atoms with van der Waals surface area (Å²) in [4.78, 5) is 26.3. The average Bonchev–Trinajstić information content (AvgIpc) is 3.09. The molecule has 1 heterocycles. The van der Waals surface area contributed by atoms with Gasteiger partial charge < -0.3 is 10.4 Å². The quantitative estimate of drug-likeness (QED) is 0.556. The molecule has 120 valence electrons. The second-order valence-corrected chi connectivity index (χ2v) is 5.72. The summed E-state index contributed by atoms with van der Waals surface area (Å²) in [6.07, 6.45) is 1.72. The van der Waals surface area contributed by atoms with Crippen LogP contribution in [0.5, 0.6) is 5.75 Å². The fourth-order valence-corrected chi connectivity index (χ4v) is 2.73. The van der Waals surface area contributed by atoms with Crippen molar-refractivity contribution in [2.45, 2.75) is 0 Å². The number of aromatic hydroxyl groups is 1. The van der Waals surface area contributed by atoms with Gasteiger partial charge >= 0.3 is 5.69 Å². The van der Waals surface area contributed by atoms with Crippen molar-refractivity contribution in [1.29, 1.82) is 0 Å². The van der Waals surface area contributed by atoms with Crippen molar-refractivity contribution in [2.75, 3.05) is 5.32 Å². The van der Waals surface area contributed by atoms with Gasteiger partial charge in [-0.25, -0.2) is 4.98 Å². The van der Waals surface area contributed by atoms with Gasteiger partial charge in [0.25, 0.3) is 5.91 Å². The fourth-order valence-electron chi connectivity index (χ4n) is 2.08. The van der Waals surface area contributed by atoms with Crippen LogP contribution in [0.4, 0.5) is 11.4 Å². The summed E-state index contributed by atoms with van der Waals surface area (Å²) in [5, 5.41) is 25.7. The Morgan fingerprint density at radius 1 is 1.21 bits per heavy atom. The van der Waals surface area contributed by atoms with E-state index < -0.39 is 22.3 Å². The normalized spacial score (nSPS) is 10.3. The van der Waals surface area contributed by atoms with Crippen molar-refractivity contribution >= 4 is 28.6 Å². The standard InChI is InChI=1S/C16H11N3O4S/c20-14-9-11(3-6-13(14)19(22)23)15(21)18-12-4-1-10(2-5-12)16-17-7-8-24-16/h1-9,20H,(H,18,21). The van der Waals surface area contributed by atoms with E-state index in [0.29, 0.717) is 5.69 Å². The Kier molecular flexibility index (Phi) is 4.21. The van der Waals surface area contributed by atoms with Crippen LogP contribution in [-0.4, -0.2) is 20.9 Å². The van der Waals surface area contributed by atoms with E-state index in [0.717, 1.165) is 22.7 Å². The first kappa shape index (κ1) is 15.6. The van der Waals surface area contributed by atoms with Gasteiger partial charge in [0.15, 0.2) is 5.75 Å². The third kappa shape index (κ3) is 3.23.